The van der Waals surface area contributed by atoms with Gasteiger partial charge in [-0.1, -0.05) is 5.16 Å². The SMILES string of the molecule is Cc1cc(C)n(C2C(=NO)C3CCC2C3)n1. The van der Waals surface area contributed by atoms with Crippen molar-refractivity contribution in [2.45, 2.75) is 39.2 Å². The summed E-state index contributed by atoms with van der Waals surface area (Å²) in [5.74, 6) is 1.11. The number of hydrogen-bond acceptors (Lipinski definition) is 3. The molecule has 4 nitrogen and oxygen atoms in total. The molecule has 0 spiro atoms. The lowest BCUT2D eigenvalue weighted by Crippen LogP contribution is -2.27. The van der Waals surface area contributed by atoms with Gasteiger partial charge in [0.2, 0.25) is 0 Å². The van der Waals surface area contributed by atoms with Gasteiger partial charge >= 0.3 is 0 Å². The maximum Gasteiger partial charge on any atom is 0.0967 e. The van der Waals surface area contributed by atoms with E-state index in [4.69, 9.17) is 5.21 Å². The Kier molecular flexibility index (Phi) is 2.06. The predicted octanol–water partition coefficient (Wildman–Crippen LogP) is 2.30. The van der Waals surface area contributed by atoms with E-state index in [0.29, 0.717) is 11.8 Å². The van der Waals surface area contributed by atoms with Crippen LogP contribution in [-0.2, 0) is 0 Å². The van der Waals surface area contributed by atoms with Gasteiger partial charge in [0.15, 0.2) is 0 Å². The Bertz CT molecular complexity index is 449. The largest absolute Gasteiger partial charge is 0.411 e. The molecule has 2 saturated carbocycles. The van der Waals surface area contributed by atoms with Gasteiger partial charge in [0, 0.05) is 11.6 Å². The third-order valence-corrected chi connectivity index (χ3v) is 4.06. The Balaban J connectivity index is 2.03. The van der Waals surface area contributed by atoms with E-state index in [9.17, 15) is 0 Å². The van der Waals surface area contributed by atoms with Gasteiger partial charge in [0.05, 0.1) is 17.4 Å². The minimum absolute atomic E-state index is 0.206. The molecule has 0 amide bonds. The van der Waals surface area contributed by atoms with Gasteiger partial charge in [0.25, 0.3) is 0 Å². The maximum atomic E-state index is 9.16. The molecule has 3 rings (SSSR count). The number of nitrogens with zero attached hydrogens (tertiary/aromatic N) is 3. The molecule has 3 atom stereocenters. The van der Waals surface area contributed by atoms with Crippen LogP contribution in [0.3, 0.4) is 0 Å². The van der Waals surface area contributed by atoms with Crippen LogP contribution in [0.15, 0.2) is 11.2 Å². The van der Waals surface area contributed by atoms with Crippen LogP contribution in [0.4, 0.5) is 0 Å². The molecule has 0 aromatic carbocycles. The number of aromatic nitrogens is 2. The molecule has 1 N–H and O–H groups in total. The van der Waals surface area contributed by atoms with Crippen molar-refractivity contribution >= 4 is 5.71 Å². The van der Waals surface area contributed by atoms with Gasteiger partial charge in [-0.25, -0.2) is 0 Å². The van der Waals surface area contributed by atoms with Crippen molar-refractivity contribution in [3.05, 3.63) is 17.5 Å². The summed E-state index contributed by atoms with van der Waals surface area (Å²) >= 11 is 0. The fourth-order valence-electron chi connectivity index (χ4n) is 3.45. The zero-order chi connectivity index (χ0) is 11.3. The lowest BCUT2D eigenvalue weighted by atomic mass is 9.93. The molecule has 0 radical (unpaired) electrons. The van der Waals surface area contributed by atoms with Crippen molar-refractivity contribution in [1.29, 1.82) is 0 Å². The van der Waals surface area contributed by atoms with Crippen molar-refractivity contribution < 1.29 is 5.21 Å². The summed E-state index contributed by atoms with van der Waals surface area (Å²) in [6, 6.07) is 2.29. The van der Waals surface area contributed by atoms with Crippen molar-refractivity contribution in [2.75, 3.05) is 0 Å². The van der Waals surface area contributed by atoms with Crippen LogP contribution in [0, 0.1) is 25.7 Å². The average molecular weight is 219 g/mol. The minimum atomic E-state index is 0.206. The summed E-state index contributed by atoms with van der Waals surface area (Å²) in [7, 11) is 0. The Labute approximate surface area is 95.0 Å². The first-order valence-electron chi connectivity index (χ1n) is 5.95. The molecular weight excluding hydrogens is 202 g/mol. The maximum absolute atomic E-state index is 9.16. The molecule has 3 unspecified atom stereocenters. The summed E-state index contributed by atoms with van der Waals surface area (Å²) < 4.78 is 2.05. The first kappa shape index (κ1) is 9.87. The van der Waals surface area contributed by atoms with Gasteiger partial charge in [-0.3, -0.25) is 4.68 Å². The van der Waals surface area contributed by atoms with Crippen LogP contribution in [0.2, 0.25) is 0 Å². The molecule has 1 aromatic rings. The second kappa shape index (κ2) is 3.34. The number of rotatable bonds is 1. The predicted molar refractivity (Wildman–Crippen MR) is 60.8 cm³/mol. The molecule has 86 valence electrons. The Morgan fingerprint density at radius 3 is 2.88 bits per heavy atom. The number of fused-ring (bicyclic) bond motifs is 2. The van der Waals surface area contributed by atoms with E-state index in [2.05, 4.69) is 23.2 Å². The van der Waals surface area contributed by atoms with Crippen LogP contribution in [0.1, 0.15) is 36.7 Å². The quantitative estimate of drug-likeness (QED) is 0.582. The third kappa shape index (κ3) is 1.22. The average Bonchev–Trinajstić information content (AvgIpc) is 2.91. The fraction of sp³-hybridized carbons (Fsp3) is 0.667. The molecule has 4 heteroatoms. The Morgan fingerprint density at radius 2 is 2.25 bits per heavy atom. The first-order valence-corrected chi connectivity index (χ1v) is 5.95. The van der Waals surface area contributed by atoms with Crippen LogP contribution >= 0.6 is 0 Å². The highest BCUT2D eigenvalue weighted by Crippen LogP contribution is 2.48. The number of aryl methyl sites for hydroxylation is 2. The van der Waals surface area contributed by atoms with Crippen molar-refractivity contribution in [2.24, 2.45) is 17.0 Å². The minimum Gasteiger partial charge on any atom is -0.411 e. The summed E-state index contributed by atoms with van der Waals surface area (Å²) in [6.07, 6.45) is 3.59. The lowest BCUT2D eigenvalue weighted by Gasteiger charge is -2.24. The lowest BCUT2D eigenvalue weighted by molar-refractivity contribution is 0.304. The second-order valence-corrected chi connectivity index (χ2v) is 5.11. The standard InChI is InChI=1S/C12H17N3O/c1-7-5-8(2)15(13-7)12-10-4-3-9(6-10)11(12)14-16/h5,9-10,12,16H,3-4,6H2,1-2H3. The highest BCUT2D eigenvalue weighted by Gasteiger charge is 2.47. The summed E-state index contributed by atoms with van der Waals surface area (Å²) in [5, 5.41) is 17.2. The smallest absolute Gasteiger partial charge is 0.0967 e. The summed E-state index contributed by atoms with van der Waals surface area (Å²) in [4.78, 5) is 0. The summed E-state index contributed by atoms with van der Waals surface area (Å²) in [5.41, 5.74) is 3.15. The zero-order valence-corrected chi connectivity index (χ0v) is 9.72. The fourth-order valence-corrected chi connectivity index (χ4v) is 3.45. The first-order chi connectivity index (χ1) is 7.70. The topological polar surface area (TPSA) is 50.4 Å². The molecule has 1 heterocycles. The molecule has 16 heavy (non-hydrogen) atoms. The van der Waals surface area contributed by atoms with Crippen LogP contribution in [0.5, 0.6) is 0 Å². The van der Waals surface area contributed by atoms with Gasteiger partial charge < -0.3 is 5.21 Å². The van der Waals surface area contributed by atoms with Crippen molar-refractivity contribution in [3.63, 3.8) is 0 Å². The van der Waals surface area contributed by atoms with E-state index in [0.717, 1.165) is 17.1 Å². The second-order valence-electron chi connectivity index (χ2n) is 5.11. The van der Waals surface area contributed by atoms with Crippen molar-refractivity contribution in [1.82, 2.24) is 9.78 Å². The van der Waals surface area contributed by atoms with E-state index in [1.54, 1.807) is 0 Å². The van der Waals surface area contributed by atoms with Crippen LogP contribution < -0.4 is 0 Å². The molecule has 1 aromatic heterocycles. The van der Waals surface area contributed by atoms with Crippen LogP contribution in [-0.4, -0.2) is 20.7 Å². The molecule has 2 aliphatic rings. The molecule has 0 aliphatic heterocycles. The highest BCUT2D eigenvalue weighted by molar-refractivity contribution is 5.93. The molecule has 2 bridgehead atoms. The highest BCUT2D eigenvalue weighted by atomic mass is 16.4. The normalized spacial score (nSPS) is 35.1. The van der Waals surface area contributed by atoms with Gasteiger partial charge in [-0.05, 0) is 45.1 Å². The number of oxime groups is 1. The Hall–Kier alpha value is -1.32. The van der Waals surface area contributed by atoms with Crippen LogP contribution in [0.25, 0.3) is 0 Å². The van der Waals surface area contributed by atoms with E-state index >= 15 is 0 Å². The van der Waals surface area contributed by atoms with E-state index in [1.165, 1.54) is 19.3 Å². The Morgan fingerprint density at radius 1 is 1.44 bits per heavy atom. The molecule has 2 aliphatic carbocycles. The van der Waals surface area contributed by atoms with Crippen molar-refractivity contribution in [3.8, 4) is 0 Å². The van der Waals surface area contributed by atoms with Gasteiger partial charge in [-0.15, -0.1) is 0 Å². The van der Waals surface area contributed by atoms with E-state index in [1.807, 2.05) is 11.6 Å². The van der Waals surface area contributed by atoms with E-state index in [-0.39, 0.29) is 6.04 Å². The molecule has 0 saturated heterocycles. The summed E-state index contributed by atoms with van der Waals surface area (Å²) in [6.45, 7) is 4.08. The zero-order valence-electron chi connectivity index (χ0n) is 9.72. The van der Waals surface area contributed by atoms with Gasteiger partial charge in [-0.2, -0.15) is 5.10 Å². The molecule has 2 fully saturated rings. The van der Waals surface area contributed by atoms with Gasteiger partial charge in [0.1, 0.15) is 0 Å². The number of hydrogen-bond donors (Lipinski definition) is 1. The van der Waals surface area contributed by atoms with E-state index < -0.39 is 0 Å². The third-order valence-electron chi connectivity index (χ3n) is 4.06. The monoisotopic (exact) mass is 219 g/mol. The molecular formula is C12H17N3O.